The molecule has 1 aromatic carbocycles. The van der Waals surface area contributed by atoms with Gasteiger partial charge in [0.1, 0.15) is 25.8 Å². The first-order chi connectivity index (χ1) is 12.6. The third-order valence-corrected chi connectivity index (χ3v) is 9.41. The van der Waals surface area contributed by atoms with Crippen molar-refractivity contribution in [2.45, 2.75) is 71.4 Å². The molecule has 5 nitrogen and oxygen atoms in total. The molecule has 1 aromatic rings. The summed E-state index contributed by atoms with van der Waals surface area (Å²) in [6, 6.07) is 7.95. The van der Waals surface area contributed by atoms with E-state index in [0.717, 1.165) is 11.2 Å². The van der Waals surface area contributed by atoms with Gasteiger partial charge in [0.05, 0.1) is 12.6 Å². The molecule has 1 unspecified atom stereocenters. The molecule has 0 radical (unpaired) electrons. The van der Waals surface area contributed by atoms with E-state index >= 15 is 0 Å². The van der Waals surface area contributed by atoms with Gasteiger partial charge in [-0.15, -0.1) is 0 Å². The van der Waals surface area contributed by atoms with Crippen LogP contribution in [0.1, 0.15) is 41.5 Å². The molecule has 0 aromatic heterocycles. The zero-order valence-corrected chi connectivity index (χ0v) is 20.4. The molecule has 0 aliphatic rings. The Balaban J connectivity index is 2.89. The molecule has 158 valence electrons. The molecular weight excluding hydrogens is 369 g/mol. The minimum Gasteiger partial charge on any atom is -0.491 e. The van der Waals surface area contributed by atoms with Crippen LogP contribution in [0.25, 0.3) is 0 Å². The zero-order chi connectivity index (χ0) is 21.8. The standard InChI is InChI=1S/C21H38BNO4Si/c1-20(2,3)26-19(24)23(7)14-18(27-28(8,9)21(4,5)6)15-25-17-12-10-11-16(22)13-17/h10-13,18H,14-15,22H2,1-9H3. The molecule has 0 saturated heterocycles. The highest BCUT2D eigenvalue weighted by atomic mass is 28.4. The molecular formula is C21H38BNO4Si. The van der Waals surface area contributed by atoms with Gasteiger partial charge in [0.2, 0.25) is 0 Å². The maximum Gasteiger partial charge on any atom is 0.410 e. The minimum absolute atomic E-state index is 0.0685. The first-order valence-corrected chi connectivity index (χ1v) is 12.8. The second-order valence-electron chi connectivity index (χ2n) is 9.99. The number of rotatable bonds is 7. The van der Waals surface area contributed by atoms with Gasteiger partial charge in [0.15, 0.2) is 8.32 Å². The van der Waals surface area contributed by atoms with E-state index in [2.05, 4.69) is 33.9 Å². The van der Waals surface area contributed by atoms with E-state index in [0.29, 0.717) is 13.2 Å². The molecule has 0 N–H and O–H groups in total. The van der Waals surface area contributed by atoms with Gasteiger partial charge in [-0.1, -0.05) is 38.4 Å². The molecule has 7 heteroatoms. The largest absolute Gasteiger partial charge is 0.491 e. The van der Waals surface area contributed by atoms with Crippen LogP contribution >= 0.6 is 0 Å². The number of hydrogen-bond donors (Lipinski definition) is 0. The summed E-state index contributed by atoms with van der Waals surface area (Å²) in [7, 11) is 1.75. The maximum atomic E-state index is 12.4. The molecule has 0 bridgehead atoms. The molecule has 0 aliphatic heterocycles. The van der Waals surface area contributed by atoms with Crippen LogP contribution in [0.15, 0.2) is 24.3 Å². The Bertz CT molecular complexity index is 653. The number of hydrogen-bond acceptors (Lipinski definition) is 4. The Morgan fingerprint density at radius 3 is 2.29 bits per heavy atom. The topological polar surface area (TPSA) is 48.0 Å². The van der Waals surface area contributed by atoms with E-state index in [9.17, 15) is 4.79 Å². The van der Waals surface area contributed by atoms with Crippen LogP contribution in [0.3, 0.4) is 0 Å². The summed E-state index contributed by atoms with van der Waals surface area (Å²) in [5.74, 6) is 0.809. The summed E-state index contributed by atoms with van der Waals surface area (Å²) in [6.45, 7) is 17.4. The van der Waals surface area contributed by atoms with Gasteiger partial charge in [-0.25, -0.2) is 4.79 Å². The van der Waals surface area contributed by atoms with Gasteiger partial charge in [0, 0.05) is 7.05 Å². The van der Waals surface area contributed by atoms with Gasteiger partial charge >= 0.3 is 6.09 Å². The lowest BCUT2D eigenvalue weighted by atomic mass is 9.96. The summed E-state index contributed by atoms with van der Waals surface area (Å²) in [5, 5.41) is 0.0685. The highest BCUT2D eigenvalue weighted by Crippen LogP contribution is 2.37. The smallest absolute Gasteiger partial charge is 0.410 e. The van der Waals surface area contributed by atoms with Crippen molar-refractivity contribution >= 4 is 27.7 Å². The van der Waals surface area contributed by atoms with E-state index in [1.54, 1.807) is 11.9 Å². The van der Waals surface area contributed by atoms with Crippen LogP contribution in [-0.4, -0.2) is 59.1 Å². The number of carbonyl (C=O) groups is 1. The van der Waals surface area contributed by atoms with Crippen molar-refractivity contribution in [3.05, 3.63) is 24.3 Å². The molecule has 0 fully saturated rings. The van der Waals surface area contributed by atoms with E-state index in [4.69, 9.17) is 13.9 Å². The maximum absolute atomic E-state index is 12.4. The molecule has 0 heterocycles. The van der Waals surface area contributed by atoms with Gasteiger partial charge in [-0.2, -0.15) is 0 Å². The van der Waals surface area contributed by atoms with E-state index in [-0.39, 0.29) is 17.2 Å². The van der Waals surface area contributed by atoms with Crippen LogP contribution in [0, 0.1) is 0 Å². The lowest BCUT2D eigenvalue weighted by Crippen LogP contribution is -2.49. The summed E-state index contributed by atoms with van der Waals surface area (Å²) in [4.78, 5) is 14.0. The summed E-state index contributed by atoms with van der Waals surface area (Å²) < 4.78 is 18.1. The van der Waals surface area contributed by atoms with Gasteiger partial charge in [-0.05, 0) is 51.0 Å². The fraction of sp³-hybridized carbons (Fsp3) is 0.667. The molecule has 0 saturated carbocycles. The highest BCUT2D eigenvalue weighted by Gasteiger charge is 2.40. The van der Waals surface area contributed by atoms with Gasteiger partial charge in [-0.3, -0.25) is 0 Å². The summed E-state index contributed by atoms with van der Waals surface area (Å²) in [6.07, 6.45) is -0.592. The first kappa shape index (κ1) is 24.6. The number of ether oxygens (including phenoxy) is 2. The second-order valence-corrected chi connectivity index (χ2v) is 14.7. The first-order valence-electron chi connectivity index (χ1n) is 9.92. The number of carbonyl (C=O) groups excluding carboxylic acids is 1. The number of likely N-dealkylation sites (N-methyl/N-ethyl adjacent to an activating group) is 1. The molecule has 28 heavy (non-hydrogen) atoms. The average Bonchev–Trinajstić information content (AvgIpc) is 2.49. The number of benzene rings is 1. The van der Waals surface area contributed by atoms with Crippen molar-refractivity contribution in [2.24, 2.45) is 0 Å². The monoisotopic (exact) mass is 407 g/mol. The SMILES string of the molecule is Bc1cccc(OCC(CN(C)C(=O)OC(C)(C)C)O[Si](C)(C)C(C)(C)C)c1. The second kappa shape index (κ2) is 9.35. The fourth-order valence-corrected chi connectivity index (χ4v) is 3.66. The number of amides is 1. The molecule has 0 aliphatic carbocycles. The predicted octanol–water partition coefficient (Wildman–Crippen LogP) is 3.58. The van der Waals surface area contributed by atoms with E-state index < -0.39 is 13.9 Å². The van der Waals surface area contributed by atoms with Crippen LogP contribution < -0.4 is 10.2 Å². The van der Waals surface area contributed by atoms with Crippen molar-refractivity contribution in [3.8, 4) is 5.75 Å². The van der Waals surface area contributed by atoms with Gasteiger partial charge < -0.3 is 18.8 Å². The lowest BCUT2D eigenvalue weighted by molar-refractivity contribution is 0.0172. The lowest BCUT2D eigenvalue weighted by Gasteiger charge is -2.40. The van der Waals surface area contributed by atoms with Gasteiger partial charge in [0.25, 0.3) is 0 Å². The quantitative estimate of drug-likeness (QED) is 0.649. The van der Waals surface area contributed by atoms with Crippen LogP contribution in [0.4, 0.5) is 4.79 Å². The van der Waals surface area contributed by atoms with Crippen LogP contribution in [0.2, 0.25) is 18.1 Å². The fourth-order valence-electron chi connectivity index (χ4n) is 2.33. The van der Waals surface area contributed by atoms with E-state index in [1.165, 1.54) is 0 Å². The summed E-state index contributed by atoms with van der Waals surface area (Å²) >= 11 is 0. The number of nitrogens with zero attached hydrogens (tertiary/aromatic N) is 1. The van der Waals surface area contributed by atoms with Crippen molar-refractivity contribution in [1.29, 1.82) is 0 Å². The van der Waals surface area contributed by atoms with Crippen molar-refractivity contribution in [1.82, 2.24) is 4.90 Å². The Kier molecular flexibility index (Phi) is 8.21. The Morgan fingerprint density at radius 1 is 1.18 bits per heavy atom. The molecule has 1 amide bonds. The molecule has 1 rings (SSSR count). The normalized spacial score (nSPS) is 13.8. The van der Waals surface area contributed by atoms with Crippen molar-refractivity contribution in [2.75, 3.05) is 20.2 Å². The average molecular weight is 407 g/mol. The van der Waals surface area contributed by atoms with E-state index in [1.807, 2.05) is 52.9 Å². The Hall–Kier alpha value is -1.47. The molecule has 1 atom stereocenters. The molecule has 0 spiro atoms. The van der Waals surface area contributed by atoms with Crippen molar-refractivity contribution in [3.63, 3.8) is 0 Å². The Morgan fingerprint density at radius 2 is 1.79 bits per heavy atom. The Labute approximate surface area is 173 Å². The summed E-state index contributed by atoms with van der Waals surface area (Å²) in [5.41, 5.74) is 0.615. The predicted molar refractivity (Wildman–Crippen MR) is 121 cm³/mol. The zero-order valence-electron chi connectivity index (χ0n) is 19.4. The highest BCUT2D eigenvalue weighted by molar-refractivity contribution is 6.74. The minimum atomic E-state index is -2.02. The van der Waals surface area contributed by atoms with Crippen LogP contribution in [-0.2, 0) is 9.16 Å². The third kappa shape index (κ3) is 8.27. The van der Waals surface area contributed by atoms with Crippen LogP contribution in [0.5, 0.6) is 5.75 Å². The van der Waals surface area contributed by atoms with Crippen molar-refractivity contribution < 1.29 is 18.7 Å². The third-order valence-electron chi connectivity index (χ3n) is 4.88.